The van der Waals surface area contributed by atoms with Crippen LogP contribution in [0.15, 0.2) is 176 Å². The summed E-state index contributed by atoms with van der Waals surface area (Å²) in [6.07, 6.45) is 3.84. The quantitative estimate of drug-likeness (QED) is 0.184. The fourth-order valence-corrected chi connectivity index (χ4v) is 6.34. The van der Waals surface area contributed by atoms with Gasteiger partial charge in [0.2, 0.25) is 0 Å². The van der Waals surface area contributed by atoms with Crippen molar-refractivity contribution in [2.45, 2.75) is 0 Å². The fourth-order valence-electron chi connectivity index (χ4n) is 6.34. The van der Waals surface area contributed by atoms with Crippen LogP contribution in [0.1, 0.15) is 0 Å². The molecule has 5 aromatic carbocycles. The molecule has 5 heteroatoms. The highest BCUT2D eigenvalue weighted by Gasteiger charge is 2.13. The van der Waals surface area contributed by atoms with E-state index in [2.05, 4.69) is 155 Å². The van der Waals surface area contributed by atoms with Gasteiger partial charge in [-0.15, -0.1) is 0 Å². The number of hydrogen-bond acceptors (Lipinski definition) is 4. The smallest absolute Gasteiger partial charge is 0.178 e. The van der Waals surface area contributed by atoms with Crippen LogP contribution in [0, 0.1) is 0 Å². The standard InChI is InChI=1S/C44H29N5/c1-3-8-30(9-4-1)32-13-19-35(20-14-32)39-29-40(47-43(46-39)37-23-17-33(18-24-37)31-10-5-2-6-11-31)36-21-15-34(16-22-36)38-25-27-49-41-12-7-26-45-44(41)48-42(49)28-38/h1-29H. The molecule has 0 aliphatic heterocycles. The lowest BCUT2D eigenvalue weighted by atomic mass is 10.0. The Morgan fingerprint density at radius 3 is 1.43 bits per heavy atom. The summed E-state index contributed by atoms with van der Waals surface area (Å²) < 4.78 is 2.07. The predicted octanol–water partition coefficient (Wildman–Crippen LogP) is 10.7. The third-order valence-electron chi connectivity index (χ3n) is 8.96. The van der Waals surface area contributed by atoms with Crippen LogP contribution in [0.3, 0.4) is 0 Å². The average Bonchev–Trinajstić information content (AvgIpc) is 3.57. The molecule has 0 bridgehead atoms. The normalized spacial score (nSPS) is 11.3. The van der Waals surface area contributed by atoms with Gasteiger partial charge in [-0.05, 0) is 63.7 Å². The fraction of sp³-hybridized carbons (Fsp3) is 0. The van der Waals surface area contributed by atoms with Crippen LogP contribution in [0.4, 0.5) is 0 Å². The molecule has 0 saturated heterocycles. The van der Waals surface area contributed by atoms with Gasteiger partial charge in [0.1, 0.15) is 5.65 Å². The van der Waals surface area contributed by atoms with Crippen molar-refractivity contribution < 1.29 is 0 Å². The van der Waals surface area contributed by atoms with Gasteiger partial charge < -0.3 is 0 Å². The maximum atomic E-state index is 5.10. The Balaban J connectivity index is 1.09. The molecule has 0 fully saturated rings. The van der Waals surface area contributed by atoms with E-state index < -0.39 is 0 Å². The van der Waals surface area contributed by atoms with E-state index in [0.717, 1.165) is 61.6 Å². The summed E-state index contributed by atoms with van der Waals surface area (Å²) in [5, 5.41) is 0. The highest BCUT2D eigenvalue weighted by atomic mass is 15.0. The molecule has 4 heterocycles. The van der Waals surface area contributed by atoms with Gasteiger partial charge in [0, 0.05) is 29.1 Å². The van der Waals surface area contributed by atoms with Gasteiger partial charge in [-0.2, -0.15) is 0 Å². The summed E-state index contributed by atoms with van der Waals surface area (Å²) in [6, 6.07) is 56.8. The summed E-state index contributed by atoms with van der Waals surface area (Å²) >= 11 is 0. The molecule has 49 heavy (non-hydrogen) atoms. The van der Waals surface area contributed by atoms with E-state index in [9.17, 15) is 0 Å². The first-order chi connectivity index (χ1) is 24.2. The maximum Gasteiger partial charge on any atom is 0.178 e. The molecule has 0 saturated carbocycles. The highest BCUT2D eigenvalue weighted by Crippen LogP contribution is 2.32. The predicted molar refractivity (Wildman–Crippen MR) is 199 cm³/mol. The van der Waals surface area contributed by atoms with Crippen LogP contribution in [-0.2, 0) is 0 Å². The van der Waals surface area contributed by atoms with E-state index in [1.54, 1.807) is 6.20 Å². The molecular weight excluding hydrogens is 599 g/mol. The third-order valence-corrected chi connectivity index (χ3v) is 8.96. The minimum atomic E-state index is 0.689. The first-order valence-corrected chi connectivity index (χ1v) is 16.3. The lowest BCUT2D eigenvalue weighted by molar-refractivity contribution is 1.18. The Kier molecular flexibility index (Phi) is 7.06. The molecule has 0 amide bonds. The molecule has 9 aromatic rings. The number of nitrogens with zero attached hydrogens (tertiary/aromatic N) is 5. The monoisotopic (exact) mass is 627 g/mol. The Labute approximate surface area is 283 Å². The lowest BCUT2D eigenvalue weighted by Gasteiger charge is -2.11. The van der Waals surface area contributed by atoms with Crippen LogP contribution < -0.4 is 0 Å². The number of aromatic nitrogens is 5. The molecule has 0 atom stereocenters. The minimum Gasteiger partial charge on any atom is -0.298 e. The summed E-state index contributed by atoms with van der Waals surface area (Å²) in [5.41, 5.74) is 14.3. The average molecular weight is 628 g/mol. The van der Waals surface area contributed by atoms with Crippen molar-refractivity contribution in [1.29, 1.82) is 0 Å². The van der Waals surface area contributed by atoms with E-state index in [4.69, 9.17) is 15.0 Å². The second kappa shape index (κ2) is 12.1. The van der Waals surface area contributed by atoms with Gasteiger partial charge in [0.05, 0.1) is 16.9 Å². The van der Waals surface area contributed by atoms with Crippen LogP contribution in [0.5, 0.6) is 0 Å². The molecule has 230 valence electrons. The van der Waals surface area contributed by atoms with Gasteiger partial charge in [-0.3, -0.25) is 4.40 Å². The van der Waals surface area contributed by atoms with E-state index in [1.165, 1.54) is 16.7 Å². The maximum absolute atomic E-state index is 5.10. The van der Waals surface area contributed by atoms with E-state index in [0.29, 0.717) is 5.82 Å². The van der Waals surface area contributed by atoms with E-state index >= 15 is 0 Å². The SMILES string of the molecule is c1ccc(-c2ccc(-c3cc(-c4ccc(-c5ccn6c(c5)nc5ncccc56)cc4)nc(-c4ccc(-c5ccccc5)cc4)n3)cc2)cc1. The zero-order chi connectivity index (χ0) is 32.6. The molecule has 0 aliphatic rings. The molecule has 9 rings (SSSR count). The van der Waals surface area contributed by atoms with Crippen LogP contribution in [-0.4, -0.2) is 24.3 Å². The summed E-state index contributed by atoms with van der Waals surface area (Å²) in [4.78, 5) is 19.3. The second-order valence-corrected chi connectivity index (χ2v) is 12.0. The van der Waals surface area contributed by atoms with Crippen molar-refractivity contribution >= 4 is 16.8 Å². The first kappa shape index (κ1) is 28.5. The number of fused-ring (bicyclic) bond motifs is 3. The molecule has 0 aliphatic carbocycles. The molecule has 4 aromatic heterocycles. The van der Waals surface area contributed by atoms with Crippen LogP contribution in [0.2, 0.25) is 0 Å². The second-order valence-electron chi connectivity index (χ2n) is 12.0. The first-order valence-electron chi connectivity index (χ1n) is 16.3. The summed E-state index contributed by atoms with van der Waals surface area (Å²) in [7, 11) is 0. The topological polar surface area (TPSA) is 56.0 Å². The Hall–Kier alpha value is -6.72. The summed E-state index contributed by atoms with van der Waals surface area (Å²) in [6.45, 7) is 0. The molecular formula is C44H29N5. The molecule has 0 radical (unpaired) electrons. The van der Waals surface area contributed by atoms with Crippen molar-refractivity contribution in [2.75, 3.05) is 0 Å². The van der Waals surface area contributed by atoms with Gasteiger partial charge in [0.25, 0.3) is 0 Å². The van der Waals surface area contributed by atoms with Crippen LogP contribution >= 0.6 is 0 Å². The number of imidazole rings is 1. The lowest BCUT2D eigenvalue weighted by Crippen LogP contribution is -1.96. The number of benzene rings is 5. The van der Waals surface area contributed by atoms with Gasteiger partial charge in [-0.25, -0.2) is 19.9 Å². The van der Waals surface area contributed by atoms with Crippen molar-refractivity contribution in [3.63, 3.8) is 0 Å². The Bertz CT molecular complexity index is 2460. The van der Waals surface area contributed by atoms with Gasteiger partial charge >= 0.3 is 0 Å². The van der Waals surface area contributed by atoms with E-state index in [-0.39, 0.29) is 0 Å². The Morgan fingerprint density at radius 1 is 0.367 bits per heavy atom. The van der Waals surface area contributed by atoms with Crippen molar-refractivity contribution in [3.8, 4) is 67.3 Å². The number of rotatable bonds is 6. The molecule has 5 nitrogen and oxygen atoms in total. The van der Waals surface area contributed by atoms with Crippen molar-refractivity contribution in [3.05, 3.63) is 176 Å². The number of hydrogen-bond donors (Lipinski definition) is 0. The van der Waals surface area contributed by atoms with Crippen LogP contribution in [0.25, 0.3) is 84.1 Å². The minimum absolute atomic E-state index is 0.689. The molecule has 0 unspecified atom stereocenters. The molecule has 0 N–H and O–H groups in total. The van der Waals surface area contributed by atoms with E-state index in [1.807, 2.05) is 24.3 Å². The third kappa shape index (κ3) is 5.53. The van der Waals surface area contributed by atoms with Crippen molar-refractivity contribution in [2.24, 2.45) is 0 Å². The zero-order valence-electron chi connectivity index (χ0n) is 26.5. The highest BCUT2D eigenvalue weighted by molar-refractivity contribution is 5.80. The summed E-state index contributed by atoms with van der Waals surface area (Å²) in [5.74, 6) is 0.689. The number of pyridine rings is 2. The van der Waals surface area contributed by atoms with Gasteiger partial charge in [-0.1, -0.05) is 133 Å². The van der Waals surface area contributed by atoms with Crippen molar-refractivity contribution in [1.82, 2.24) is 24.3 Å². The largest absolute Gasteiger partial charge is 0.298 e. The Morgan fingerprint density at radius 2 is 0.857 bits per heavy atom. The zero-order valence-corrected chi connectivity index (χ0v) is 26.5. The van der Waals surface area contributed by atoms with Gasteiger partial charge in [0.15, 0.2) is 11.5 Å². The molecule has 0 spiro atoms.